The molecule has 0 radical (unpaired) electrons. The van der Waals surface area contributed by atoms with Gasteiger partial charge >= 0.3 is 11.8 Å². The molecular weight excluding hydrogens is 489 g/mol. The summed E-state index contributed by atoms with van der Waals surface area (Å²) in [5.74, 6) is -0.377. The van der Waals surface area contributed by atoms with E-state index in [0.29, 0.717) is 11.3 Å². The van der Waals surface area contributed by atoms with Gasteiger partial charge in [-0.05, 0) is 46.2 Å². The zero-order valence-electron chi connectivity index (χ0n) is 22.4. The summed E-state index contributed by atoms with van der Waals surface area (Å²) in [6, 6.07) is 14.3. The van der Waals surface area contributed by atoms with E-state index in [1.165, 1.54) is 10.6 Å². The van der Waals surface area contributed by atoms with Crippen molar-refractivity contribution in [2.75, 3.05) is 6.61 Å². The molecule has 1 aromatic heterocycles. The van der Waals surface area contributed by atoms with Gasteiger partial charge in [0.25, 0.3) is 5.56 Å². The van der Waals surface area contributed by atoms with Gasteiger partial charge in [-0.2, -0.15) is 0 Å². The second-order valence-electron chi connectivity index (χ2n) is 9.80. The maximum atomic E-state index is 14.5. The number of carbonyl (C=O) groups is 1. The first-order valence-corrected chi connectivity index (χ1v) is 12.4. The summed E-state index contributed by atoms with van der Waals surface area (Å²) in [7, 11) is 0. The molecule has 1 N–H and O–H groups in total. The van der Waals surface area contributed by atoms with Gasteiger partial charge in [-0.15, -0.1) is 0 Å². The van der Waals surface area contributed by atoms with Gasteiger partial charge in [0.15, 0.2) is 0 Å². The molecule has 0 aliphatic rings. The van der Waals surface area contributed by atoms with Crippen molar-refractivity contribution in [1.29, 1.82) is 0 Å². The zero-order chi connectivity index (χ0) is 28.0. The number of hydrogen-bond donors (Lipinski definition) is 1. The third kappa shape index (κ3) is 6.79. The Morgan fingerprint density at radius 1 is 1.05 bits per heavy atom. The van der Waals surface area contributed by atoms with Crippen LogP contribution in [0.15, 0.2) is 70.8 Å². The van der Waals surface area contributed by atoms with E-state index >= 15 is 0 Å². The molecule has 1 atom stereocenters. The molecule has 0 bridgehead atoms. The normalized spacial score (nSPS) is 12.1. The lowest BCUT2D eigenvalue weighted by Gasteiger charge is -2.25. The second kappa shape index (κ2) is 11.9. The smallest absolute Gasteiger partial charge is 0.408 e. The van der Waals surface area contributed by atoms with E-state index in [0.717, 1.165) is 4.57 Å². The fourth-order valence-corrected chi connectivity index (χ4v) is 4.06. The van der Waals surface area contributed by atoms with Gasteiger partial charge in [0.1, 0.15) is 22.7 Å². The molecule has 9 heteroatoms. The van der Waals surface area contributed by atoms with Crippen molar-refractivity contribution in [2.24, 2.45) is 0 Å². The molecule has 0 aliphatic carbocycles. The van der Waals surface area contributed by atoms with E-state index in [1.54, 1.807) is 77.1 Å². The van der Waals surface area contributed by atoms with Crippen LogP contribution in [-0.4, -0.2) is 27.4 Å². The highest BCUT2D eigenvalue weighted by Crippen LogP contribution is 2.19. The van der Waals surface area contributed by atoms with Crippen molar-refractivity contribution < 1.29 is 18.7 Å². The molecule has 0 saturated heterocycles. The highest BCUT2D eigenvalue weighted by molar-refractivity contribution is 5.68. The fourth-order valence-electron chi connectivity index (χ4n) is 4.06. The Morgan fingerprint density at radius 2 is 1.68 bits per heavy atom. The number of amides is 1. The standard InChI is InChI=1S/C29H34FN3O5/c1-7-37-20(3)25-19(2)32(17-22-15-11-12-16-23(22)30)28(36)33(26(25)34)18-24(21-13-9-8-10-14-21)31-27(35)38-29(4,5)6/h8-16,24H,3,7,17-18H2,1-2,4-6H3,(H,31,35)/t24-/m0/s1. The molecule has 2 aromatic carbocycles. The van der Waals surface area contributed by atoms with Crippen LogP contribution in [-0.2, 0) is 22.6 Å². The van der Waals surface area contributed by atoms with E-state index in [4.69, 9.17) is 9.47 Å². The van der Waals surface area contributed by atoms with Gasteiger partial charge in [0.2, 0.25) is 0 Å². The number of carbonyl (C=O) groups excluding carboxylic acids is 1. The Hall–Kier alpha value is -4.14. The lowest BCUT2D eigenvalue weighted by Crippen LogP contribution is -2.46. The Balaban J connectivity index is 2.17. The average molecular weight is 524 g/mol. The minimum absolute atomic E-state index is 0.0994. The summed E-state index contributed by atoms with van der Waals surface area (Å²) in [4.78, 5) is 40.1. The van der Waals surface area contributed by atoms with Crippen LogP contribution in [0.2, 0.25) is 0 Å². The number of benzene rings is 2. The largest absolute Gasteiger partial charge is 0.494 e. The van der Waals surface area contributed by atoms with E-state index < -0.39 is 34.8 Å². The number of ether oxygens (including phenoxy) is 2. The van der Waals surface area contributed by atoms with Gasteiger partial charge < -0.3 is 14.8 Å². The Kier molecular flexibility index (Phi) is 8.93. The molecule has 3 rings (SSSR count). The molecule has 0 spiro atoms. The second-order valence-corrected chi connectivity index (χ2v) is 9.80. The van der Waals surface area contributed by atoms with Crippen LogP contribution in [0.1, 0.15) is 56.1 Å². The van der Waals surface area contributed by atoms with Crippen LogP contribution < -0.4 is 16.6 Å². The summed E-state index contributed by atoms with van der Waals surface area (Å²) < 4.78 is 27.8. The first kappa shape index (κ1) is 28.4. The molecule has 3 aromatic rings. The number of halogens is 1. The van der Waals surface area contributed by atoms with E-state index in [-0.39, 0.29) is 36.6 Å². The van der Waals surface area contributed by atoms with Crippen molar-refractivity contribution >= 4 is 11.9 Å². The van der Waals surface area contributed by atoms with Crippen LogP contribution in [0.3, 0.4) is 0 Å². The maximum Gasteiger partial charge on any atom is 0.408 e. The van der Waals surface area contributed by atoms with Crippen molar-refractivity contribution in [2.45, 2.75) is 59.4 Å². The van der Waals surface area contributed by atoms with Crippen molar-refractivity contribution in [1.82, 2.24) is 14.5 Å². The van der Waals surface area contributed by atoms with E-state index in [1.807, 2.05) is 6.07 Å². The van der Waals surface area contributed by atoms with E-state index in [9.17, 15) is 18.8 Å². The minimum atomic E-state index is -0.783. The highest BCUT2D eigenvalue weighted by atomic mass is 19.1. The SMILES string of the molecule is C=C(OCC)c1c(C)n(Cc2ccccc2F)c(=O)n(C[C@H](NC(=O)OC(C)(C)C)c2ccccc2)c1=O. The molecule has 202 valence electrons. The Bertz CT molecular complexity index is 1420. The third-order valence-electron chi connectivity index (χ3n) is 5.83. The molecular formula is C29H34FN3O5. The number of rotatable bonds is 9. The minimum Gasteiger partial charge on any atom is -0.494 e. The van der Waals surface area contributed by atoms with Crippen LogP contribution in [0.25, 0.3) is 5.76 Å². The summed E-state index contributed by atoms with van der Waals surface area (Å²) in [6.45, 7) is 12.4. The number of aromatic nitrogens is 2. The summed E-state index contributed by atoms with van der Waals surface area (Å²) >= 11 is 0. The molecule has 0 unspecified atom stereocenters. The van der Waals surface area contributed by atoms with E-state index in [2.05, 4.69) is 11.9 Å². The van der Waals surface area contributed by atoms with Crippen molar-refractivity contribution in [3.8, 4) is 0 Å². The van der Waals surface area contributed by atoms with Gasteiger partial charge in [-0.25, -0.2) is 14.0 Å². The van der Waals surface area contributed by atoms with Crippen LogP contribution >= 0.6 is 0 Å². The Morgan fingerprint density at radius 3 is 2.29 bits per heavy atom. The number of nitrogens with one attached hydrogen (secondary N) is 1. The highest BCUT2D eigenvalue weighted by Gasteiger charge is 2.25. The van der Waals surface area contributed by atoms with Gasteiger partial charge in [0.05, 0.1) is 25.7 Å². The zero-order valence-corrected chi connectivity index (χ0v) is 22.4. The summed E-state index contributed by atoms with van der Waals surface area (Å²) in [5, 5.41) is 2.78. The first-order valence-electron chi connectivity index (χ1n) is 12.4. The van der Waals surface area contributed by atoms with Crippen LogP contribution in [0.4, 0.5) is 9.18 Å². The maximum absolute atomic E-state index is 14.5. The average Bonchev–Trinajstić information content (AvgIpc) is 2.84. The lowest BCUT2D eigenvalue weighted by atomic mass is 10.1. The number of hydrogen-bond acceptors (Lipinski definition) is 5. The van der Waals surface area contributed by atoms with Crippen LogP contribution in [0, 0.1) is 12.7 Å². The van der Waals surface area contributed by atoms with Crippen molar-refractivity contribution in [3.63, 3.8) is 0 Å². The quantitative estimate of drug-likeness (QED) is 0.408. The monoisotopic (exact) mass is 523 g/mol. The third-order valence-corrected chi connectivity index (χ3v) is 5.83. The Labute approximate surface area is 221 Å². The van der Waals surface area contributed by atoms with Gasteiger partial charge in [-0.3, -0.25) is 13.9 Å². The predicted octanol–water partition coefficient (Wildman–Crippen LogP) is 4.78. The number of nitrogens with zero attached hydrogens (tertiary/aromatic N) is 2. The molecule has 8 nitrogen and oxygen atoms in total. The molecule has 0 saturated carbocycles. The van der Waals surface area contributed by atoms with Gasteiger partial charge in [0, 0.05) is 11.3 Å². The van der Waals surface area contributed by atoms with Crippen molar-refractivity contribution in [3.05, 3.63) is 110 Å². The molecule has 1 heterocycles. The van der Waals surface area contributed by atoms with Crippen LogP contribution in [0.5, 0.6) is 0 Å². The lowest BCUT2D eigenvalue weighted by molar-refractivity contribution is 0.0497. The molecule has 0 fully saturated rings. The summed E-state index contributed by atoms with van der Waals surface area (Å²) in [5.41, 5.74) is -0.682. The molecule has 1 amide bonds. The topological polar surface area (TPSA) is 91.6 Å². The molecule has 38 heavy (non-hydrogen) atoms. The predicted molar refractivity (Wildman–Crippen MR) is 144 cm³/mol. The van der Waals surface area contributed by atoms with Gasteiger partial charge in [-0.1, -0.05) is 55.1 Å². The fraction of sp³-hybridized carbons (Fsp3) is 0.345. The number of alkyl carbamates (subject to hydrolysis) is 1. The first-order chi connectivity index (χ1) is 17.9. The molecule has 0 aliphatic heterocycles. The summed E-state index contributed by atoms with van der Waals surface area (Å²) in [6.07, 6.45) is -0.697.